The van der Waals surface area contributed by atoms with Gasteiger partial charge < -0.3 is 11.1 Å². The average Bonchev–Trinajstić information content (AvgIpc) is 3.38. The Kier molecular flexibility index (Phi) is 6.01. The topological polar surface area (TPSA) is 92.5 Å². The van der Waals surface area contributed by atoms with Gasteiger partial charge in [0.25, 0.3) is 5.91 Å². The van der Waals surface area contributed by atoms with Gasteiger partial charge in [-0.1, -0.05) is 19.9 Å². The van der Waals surface area contributed by atoms with Gasteiger partial charge in [-0.25, -0.2) is 8.42 Å². The molecule has 24 heavy (non-hydrogen) atoms. The summed E-state index contributed by atoms with van der Waals surface area (Å²) in [6.45, 7) is 6.58. The van der Waals surface area contributed by atoms with E-state index in [2.05, 4.69) is 5.32 Å². The van der Waals surface area contributed by atoms with Crippen molar-refractivity contribution in [3.63, 3.8) is 0 Å². The molecule has 1 aliphatic carbocycles. The first-order valence-electron chi connectivity index (χ1n) is 8.45. The predicted molar refractivity (Wildman–Crippen MR) is 94.3 cm³/mol. The quantitative estimate of drug-likeness (QED) is 0.740. The lowest BCUT2D eigenvalue weighted by Crippen LogP contribution is -2.38. The van der Waals surface area contributed by atoms with Crippen molar-refractivity contribution in [1.82, 2.24) is 9.62 Å². The van der Waals surface area contributed by atoms with Crippen molar-refractivity contribution in [2.24, 2.45) is 11.7 Å². The minimum atomic E-state index is -3.58. The number of nitrogens with one attached hydrogen (secondary N) is 1. The van der Waals surface area contributed by atoms with E-state index in [1.807, 2.05) is 0 Å². The number of hydrogen-bond acceptors (Lipinski definition) is 4. The summed E-state index contributed by atoms with van der Waals surface area (Å²) in [4.78, 5) is 12.6. The third-order valence-electron chi connectivity index (χ3n) is 4.52. The Balaban J connectivity index is 2.19. The first kappa shape index (κ1) is 18.9. The molecule has 0 spiro atoms. The van der Waals surface area contributed by atoms with Crippen LogP contribution in [0, 0.1) is 12.8 Å². The minimum Gasteiger partial charge on any atom is -0.350 e. The predicted octanol–water partition coefficient (Wildman–Crippen LogP) is 1.49. The molecule has 1 saturated carbocycles. The van der Waals surface area contributed by atoms with Crippen LogP contribution in [-0.4, -0.2) is 44.3 Å². The van der Waals surface area contributed by atoms with E-state index in [0.717, 1.165) is 18.4 Å². The van der Waals surface area contributed by atoms with Crippen LogP contribution < -0.4 is 11.1 Å². The maximum Gasteiger partial charge on any atom is 0.251 e. The van der Waals surface area contributed by atoms with Gasteiger partial charge in [-0.2, -0.15) is 4.31 Å². The van der Waals surface area contributed by atoms with Crippen molar-refractivity contribution in [1.29, 1.82) is 0 Å². The second-order valence-corrected chi connectivity index (χ2v) is 8.22. The lowest BCUT2D eigenvalue weighted by molar-refractivity contribution is 0.0949. The second kappa shape index (κ2) is 7.63. The summed E-state index contributed by atoms with van der Waals surface area (Å²) in [5.74, 6) is 0.223. The molecule has 3 N–H and O–H groups in total. The monoisotopic (exact) mass is 353 g/mol. The molecular formula is C17H27N3O3S. The summed E-state index contributed by atoms with van der Waals surface area (Å²) < 4.78 is 26.6. The standard InChI is InChI=1S/C17H27N3O3S/c1-4-20(5-2)24(22,23)14-9-6-12(3)15(10-14)17(21)19-11-16(18)13-7-8-13/h6,9-10,13,16H,4-5,7-8,11,18H2,1-3H3,(H,19,21). The lowest BCUT2D eigenvalue weighted by Gasteiger charge is -2.19. The normalized spacial score (nSPS) is 16.2. The summed E-state index contributed by atoms with van der Waals surface area (Å²) in [6.07, 6.45) is 2.24. The van der Waals surface area contributed by atoms with Crippen LogP contribution in [0.3, 0.4) is 0 Å². The largest absolute Gasteiger partial charge is 0.350 e. The second-order valence-electron chi connectivity index (χ2n) is 6.28. The van der Waals surface area contributed by atoms with Crippen molar-refractivity contribution in [3.05, 3.63) is 29.3 Å². The molecule has 1 aliphatic rings. The fraction of sp³-hybridized carbons (Fsp3) is 0.588. The highest BCUT2D eigenvalue weighted by molar-refractivity contribution is 7.89. The van der Waals surface area contributed by atoms with E-state index in [1.54, 1.807) is 32.9 Å². The molecule has 0 aliphatic heterocycles. The van der Waals surface area contributed by atoms with Crippen LogP contribution in [0.4, 0.5) is 0 Å². The van der Waals surface area contributed by atoms with Gasteiger partial charge in [0.15, 0.2) is 0 Å². The molecule has 1 unspecified atom stereocenters. The van der Waals surface area contributed by atoms with Gasteiger partial charge in [0, 0.05) is 31.2 Å². The molecule has 0 heterocycles. The lowest BCUT2D eigenvalue weighted by atomic mass is 10.1. The maximum atomic E-state index is 12.6. The highest BCUT2D eigenvalue weighted by Crippen LogP contribution is 2.31. The smallest absolute Gasteiger partial charge is 0.251 e. The number of amides is 1. The molecule has 1 atom stereocenters. The number of nitrogens with zero attached hydrogens (tertiary/aromatic N) is 1. The number of nitrogens with two attached hydrogens (primary N) is 1. The Hall–Kier alpha value is -1.44. The number of hydrogen-bond donors (Lipinski definition) is 2. The summed E-state index contributed by atoms with van der Waals surface area (Å²) in [6, 6.07) is 4.65. The molecular weight excluding hydrogens is 326 g/mol. The fourth-order valence-electron chi connectivity index (χ4n) is 2.72. The summed E-state index contributed by atoms with van der Waals surface area (Å²) >= 11 is 0. The summed E-state index contributed by atoms with van der Waals surface area (Å²) in [5, 5.41) is 2.82. The number of rotatable bonds is 8. The van der Waals surface area contributed by atoms with Gasteiger partial charge in [-0.3, -0.25) is 4.79 Å². The van der Waals surface area contributed by atoms with E-state index in [0.29, 0.717) is 31.1 Å². The molecule has 2 rings (SSSR count). The van der Waals surface area contributed by atoms with Gasteiger partial charge in [0.05, 0.1) is 4.90 Å². The molecule has 0 bridgehead atoms. The van der Waals surface area contributed by atoms with Crippen molar-refractivity contribution in [2.45, 2.75) is 44.6 Å². The van der Waals surface area contributed by atoms with E-state index in [1.165, 1.54) is 10.4 Å². The highest BCUT2D eigenvalue weighted by atomic mass is 32.2. The zero-order chi connectivity index (χ0) is 17.9. The SMILES string of the molecule is CCN(CC)S(=O)(=O)c1ccc(C)c(C(=O)NCC(N)C2CC2)c1. The van der Waals surface area contributed by atoms with E-state index < -0.39 is 10.0 Å². The molecule has 0 aromatic heterocycles. The minimum absolute atomic E-state index is 0.0307. The summed E-state index contributed by atoms with van der Waals surface area (Å²) in [5.41, 5.74) is 7.12. The molecule has 7 heteroatoms. The Bertz CT molecular complexity index is 695. The van der Waals surface area contributed by atoms with Crippen molar-refractivity contribution >= 4 is 15.9 Å². The van der Waals surface area contributed by atoms with Gasteiger partial charge in [-0.15, -0.1) is 0 Å². The van der Waals surface area contributed by atoms with Crippen LogP contribution in [0.25, 0.3) is 0 Å². The van der Waals surface area contributed by atoms with Crippen molar-refractivity contribution in [2.75, 3.05) is 19.6 Å². The van der Waals surface area contributed by atoms with Crippen LogP contribution >= 0.6 is 0 Å². The molecule has 134 valence electrons. The highest BCUT2D eigenvalue weighted by Gasteiger charge is 2.29. The van der Waals surface area contributed by atoms with E-state index in [-0.39, 0.29) is 16.8 Å². The van der Waals surface area contributed by atoms with Gasteiger partial charge >= 0.3 is 0 Å². The fourth-order valence-corrected chi connectivity index (χ4v) is 4.20. The Morgan fingerprint density at radius 1 is 1.33 bits per heavy atom. The molecule has 6 nitrogen and oxygen atoms in total. The Morgan fingerprint density at radius 2 is 1.96 bits per heavy atom. The summed E-state index contributed by atoms with van der Waals surface area (Å²) in [7, 11) is -3.58. The molecule has 0 saturated heterocycles. The molecule has 1 aromatic rings. The average molecular weight is 353 g/mol. The van der Waals surface area contributed by atoms with E-state index >= 15 is 0 Å². The third kappa shape index (κ3) is 4.15. The zero-order valence-electron chi connectivity index (χ0n) is 14.6. The van der Waals surface area contributed by atoms with E-state index in [9.17, 15) is 13.2 Å². The molecule has 1 amide bonds. The molecule has 1 aromatic carbocycles. The first-order chi connectivity index (χ1) is 11.3. The van der Waals surface area contributed by atoms with Gasteiger partial charge in [0.2, 0.25) is 10.0 Å². The number of aryl methyl sites for hydroxylation is 1. The Morgan fingerprint density at radius 3 is 2.50 bits per heavy atom. The van der Waals surface area contributed by atoms with E-state index in [4.69, 9.17) is 5.73 Å². The number of carbonyl (C=O) groups excluding carboxylic acids is 1. The van der Waals surface area contributed by atoms with Crippen molar-refractivity contribution in [3.8, 4) is 0 Å². The number of benzene rings is 1. The van der Waals surface area contributed by atoms with Crippen LogP contribution in [0.5, 0.6) is 0 Å². The van der Waals surface area contributed by atoms with Crippen LogP contribution in [-0.2, 0) is 10.0 Å². The van der Waals surface area contributed by atoms with Crippen LogP contribution in [0.15, 0.2) is 23.1 Å². The zero-order valence-corrected chi connectivity index (χ0v) is 15.4. The van der Waals surface area contributed by atoms with Gasteiger partial charge in [0.1, 0.15) is 0 Å². The van der Waals surface area contributed by atoms with Crippen molar-refractivity contribution < 1.29 is 13.2 Å². The Labute approximate surface area is 144 Å². The van der Waals surface area contributed by atoms with Crippen LogP contribution in [0.2, 0.25) is 0 Å². The first-order valence-corrected chi connectivity index (χ1v) is 9.89. The molecule has 1 fully saturated rings. The maximum absolute atomic E-state index is 12.6. The number of sulfonamides is 1. The van der Waals surface area contributed by atoms with Crippen LogP contribution in [0.1, 0.15) is 42.6 Å². The third-order valence-corrected chi connectivity index (χ3v) is 6.57. The molecule has 0 radical (unpaired) electrons. The van der Waals surface area contributed by atoms with Gasteiger partial charge in [-0.05, 0) is 43.4 Å². The number of carbonyl (C=O) groups is 1.